The number of carbonyl (C=O) groups is 1. The molecule has 0 amide bonds. The van der Waals surface area contributed by atoms with Gasteiger partial charge in [-0.2, -0.15) is 0 Å². The highest BCUT2D eigenvalue weighted by Crippen LogP contribution is 2.32. The topological polar surface area (TPSA) is 60.5 Å². The van der Waals surface area contributed by atoms with Gasteiger partial charge in [-0.3, -0.25) is 4.79 Å². The van der Waals surface area contributed by atoms with Crippen molar-refractivity contribution < 1.29 is 14.3 Å². The fraction of sp³-hybridized carbons (Fsp3) is 0.455. The second kappa shape index (κ2) is 11.1. The molecule has 0 saturated heterocycles. The molecule has 0 fully saturated rings. The first-order valence-corrected chi connectivity index (χ1v) is 10.4. The Kier molecular flexibility index (Phi) is 8.77. The largest absolute Gasteiger partial charge is 0.493 e. The lowest BCUT2D eigenvalue weighted by atomic mass is 9.83. The number of benzene rings is 1. The fourth-order valence-corrected chi connectivity index (χ4v) is 3.39. The Morgan fingerprint density at radius 2 is 2.07 bits per heavy atom. The number of ether oxygens (including phenoxy) is 2. The van der Waals surface area contributed by atoms with E-state index < -0.39 is 0 Å². The van der Waals surface area contributed by atoms with Crippen molar-refractivity contribution in [3.8, 4) is 5.75 Å². The highest BCUT2D eigenvalue weighted by atomic mass is 79.9. The third kappa shape index (κ3) is 7.89. The first kappa shape index (κ1) is 22.2. The molecule has 1 aromatic heterocycles. The van der Waals surface area contributed by atoms with Gasteiger partial charge in [0.2, 0.25) is 0 Å². The van der Waals surface area contributed by atoms with Gasteiger partial charge in [-0.05, 0) is 55.0 Å². The van der Waals surface area contributed by atoms with Crippen LogP contribution in [-0.4, -0.2) is 30.7 Å². The number of esters is 1. The summed E-state index contributed by atoms with van der Waals surface area (Å²) in [4.78, 5) is 16.0. The molecule has 2 rings (SSSR count). The van der Waals surface area contributed by atoms with Gasteiger partial charge in [0.25, 0.3) is 0 Å². The van der Waals surface area contributed by atoms with Crippen LogP contribution in [0.4, 0.5) is 5.82 Å². The second-order valence-electron chi connectivity index (χ2n) is 7.42. The number of aromatic nitrogens is 1. The summed E-state index contributed by atoms with van der Waals surface area (Å²) >= 11 is 3.63. The molecule has 152 valence electrons. The summed E-state index contributed by atoms with van der Waals surface area (Å²) < 4.78 is 11.9. The number of hydrogen-bond acceptors (Lipinski definition) is 5. The molecule has 6 heteroatoms. The standard InChI is InChI=1S/C22H29BrN2O3/c1-4-27-21(26)16-22(2,3)15-17-9-10-18(14-19(17)23)28-13-7-12-25-20-8-5-6-11-24-20/h5-6,8-11,14H,4,7,12-13,15-16H2,1-3H3,(H,24,25). The van der Waals surface area contributed by atoms with Crippen molar-refractivity contribution in [2.75, 3.05) is 25.1 Å². The van der Waals surface area contributed by atoms with Crippen molar-refractivity contribution in [3.63, 3.8) is 0 Å². The first-order valence-electron chi connectivity index (χ1n) is 9.61. The van der Waals surface area contributed by atoms with E-state index in [1.807, 2.05) is 37.3 Å². The van der Waals surface area contributed by atoms with Gasteiger partial charge in [0.1, 0.15) is 11.6 Å². The quantitative estimate of drug-likeness (QED) is 0.375. The molecular weight excluding hydrogens is 420 g/mol. The van der Waals surface area contributed by atoms with E-state index in [1.54, 1.807) is 6.20 Å². The summed E-state index contributed by atoms with van der Waals surface area (Å²) in [5, 5.41) is 3.26. The van der Waals surface area contributed by atoms with Crippen molar-refractivity contribution in [3.05, 3.63) is 52.6 Å². The minimum atomic E-state index is -0.172. The van der Waals surface area contributed by atoms with Gasteiger partial charge in [0, 0.05) is 17.2 Å². The zero-order valence-corrected chi connectivity index (χ0v) is 18.4. The van der Waals surface area contributed by atoms with E-state index in [9.17, 15) is 4.79 Å². The van der Waals surface area contributed by atoms with Crippen molar-refractivity contribution in [2.45, 2.75) is 40.0 Å². The van der Waals surface area contributed by atoms with Crippen LogP contribution in [0.5, 0.6) is 5.75 Å². The van der Waals surface area contributed by atoms with Crippen LogP contribution in [0.25, 0.3) is 0 Å². The van der Waals surface area contributed by atoms with Crippen LogP contribution in [0.15, 0.2) is 47.1 Å². The number of anilines is 1. The predicted octanol–water partition coefficient (Wildman–Crippen LogP) is 5.25. The molecule has 5 nitrogen and oxygen atoms in total. The molecule has 0 saturated carbocycles. The summed E-state index contributed by atoms with van der Waals surface area (Å²) in [7, 11) is 0. The van der Waals surface area contributed by atoms with Crippen molar-refractivity contribution in [1.82, 2.24) is 4.98 Å². The summed E-state index contributed by atoms with van der Waals surface area (Å²) in [6.07, 6.45) is 3.82. The van der Waals surface area contributed by atoms with E-state index in [1.165, 1.54) is 0 Å². The van der Waals surface area contributed by atoms with Gasteiger partial charge >= 0.3 is 5.97 Å². The van der Waals surface area contributed by atoms with E-state index in [0.717, 1.165) is 41.0 Å². The Morgan fingerprint density at radius 3 is 2.75 bits per heavy atom. The van der Waals surface area contributed by atoms with Crippen LogP contribution in [-0.2, 0) is 16.0 Å². The molecule has 1 aromatic carbocycles. The second-order valence-corrected chi connectivity index (χ2v) is 8.27. The van der Waals surface area contributed by atoms with Crippen molar-refractivity contribution in [1.29, 1.82) is 0 Å². The monoisotopic (exact) mass is 448 g/mol. The lowest BCUT2D eigenvalue weighted by Gasteiger charge is -2.24. The fourth-order valence-electron chi connectivity index (χ4n) is 2.89. The van der Waals surface area contributed by atoms with E-state index >= 15 is 0 Å². The molecule has 2 aromatic rings. The zero-order valence-electron chi connectivity index (χ0n) is 16.8. The molecule has 0 aliphatic heterocycles. The van der Waals surface area contributed by atoms with Gasteiger partial charge in [0.05, 0.1) is 19.6 Å². The number of carbonyl (C=O) groups excluding carboxylic acids is 1. The van der Waals surface area contributed by atoms with Crippen molar-refractivity contribution >= 4 is 27.7 Å². The number of pyridine rings is 1. The maximum atomic E-state index is 11.8. The smallest absolute Gasteiger partial charge is 0.306 e. The van der Waals surface area contributed by atoms with Crippen LogP contribution in [0, 0.1) is 5.41 Å². The lowest BCUT2D eigenvalue weighted by Crippen LogP contribution is -2.21. The summed E-state index contributed by atoms with van der Waals surface area (Å²) in [5.74, 6) is 1.56. The predicted molar refractivity (Wildman–Crippen MR) is 116 cm³/mol. The van der Waals surface area contributed by atoms with Crippen LogP contribution < -0.4 is 10.1 Å². The number of nitrogens with zero attached hydrogens (tertiary/aromatic N) is 1. The Labute approximate surface area is 176 Å². The maximum Gasteiger partial charge on any atom is 0.306 e. The third-order valence-corrected chi connectivity index (χ3v) is 4.92. The maximum absolute atomic E-state index is 11.8. The molecule has 0 bridgehead atoms. The summed E-state index contributed by atoms with van der Waals surface area (Å²) in [6, 6.07) is 11.8. The Morgan fingerprint density at radius 1 is 1.25 bits per heavy atom. The summed E-state index contributed by atoms with van der Waals surface area (Å²) in [5.41, 5.74) is 0.979. The third-order valence-electron chi connectivity index (χ3n) is 4.18. The molecule has 1 N–H and O–H groups in total. The number of hydrogen-bond donors (Lipinski definition) is 1. The SMILES string of the molecule is CCOC(=O)CC(C)(C)Cc1ccc(OCCCNc2ccccn2)cc1Br. The zero-order chi connectivity index (χ0) is 20.4. The van der Waals surface area contributed by atoms with E-state index in [4.69, 9.17) is 9.47 Å². The van der Waals surface area contributed by atoms with E-state index in [2.05, 4.69) is 46.1 Å². The molecule has 0 aliphatic rings. The molecule has 0 atom stereocenters. The summed E-state index contributed by atoms with van der Waals surface area (Å²) in [6.45, 7) is 7.83. The number of rotatable bonds is 11. The van der Waals surface area contributed by atoms with Crippen LogP contribution in [0.2, 0.25) is 0 Å². The normalized spacial score (nSPS) is 11.1. The molecule has 28 heavy (non-hydrogen) atoms. The Bertz CT molecular complexity index is 751. The minimum absolute atomic E-state index is 0.150. The molecule has 0 aliphatic carbocycles. The molecule has 1 heterocycles. The van der Waals surface area contributed by atoms with Crippen molar-refractivity contribution in [2.24, 2.45) is 5.41 Å². The first-order chi connectivity index (χ1) is 13.4. The average Bonchev–Trinajstić information content (AvgIpc) is 2.64. The van der Waals surface area contributed by atoms with E-state index in [0.29, 0.717) is 19.6 Å². The van der Waals surface area contributed by atoms with Crippen LogP contribution in [0.3, 0.4) is 0 Å². The number of halogens is 1. The van der Waals surface area contributed by atoms with Gasteiger partial charge in [0.15, 0.2) is 0 Å². The Balaban J connectivity index is 1.78. The molecule has 0 radical (unpaired) electrons. The van der Waals surface area contributed by atoms with Crippen LogP contribution in [0.1, 0.15) is 39.2 Å². The lowest BCUT2D eigenvalue weighted by molar-refractivity contribution is -0.145. The Hall–Kier alpha value is -2.08. The van der Waals surface area contributed by atoms with Crippen LogP contribution >= 0.6 is 15.9 Å². The minimum Gasteiger partial charge on any atom is -0.493 e. The number of nitrogens with one attached hydrogen (secondary N) is 1. The van der Waals surface area contributed by atoms with Gasteiger partial charge in [-0.15, -0.1) is 0 Å². The molecule has 0 spiro atoms. The average molecular weight is 449 g/mol. The highest BCUT2D eigenvalue weighted by Gasteiger charge is 2.24. The van der Waals surface area contributed by atoms with Gasteiger partial charge < -0.3 is 14.8 Å². The highest BCUT2D eigenvalue weighted by molar-refractivity contribution is 9.10. The molecule has 0 unspecified atom stereocenters. The van der Waals surface area contributed by atoms with Gasteiger partial charge in [-0.1, -0.05) is 41.9 Å². The van der Waals surface area contributed by atoms with E-state index in [-0.39, 0.29) is 11.4 Å². The van der Waals surface area contributed by atoms with Gasteiger partial charge in [-0.25, -0.2) is 4.98 Å². The molecular formula is C22H29BrN2O3.